The molecule has 1 rings (SSSR count). The predicted octanol–water partition coefficient (Wildman–Crippen LogP) is 1.21. The Morgan fingerprint density at radius 3 is 2.20 bits per heavy atom. The van der Waals surface area contributed by atoms with Crippen molar-refractivity contribution < 1.29 is 0 Å². The summed E-state index contributed by atoms with van der Waals surface area (Å²) in [6.07, 6.45) is 0. The van der Waals surface area contributed by atoms with Gasteiger partial charge in [-0.05, 0) is 27.3 Å². The molecule has 1 aliphatic heterocycles. The van der Waals surface area contributed by atoms with Gasteiger partial charge in [0, 0.05) is 45.3 Å². The average molecular weight is 397 g/mol. The molecular formula is C14H32IN5. The first-order chi connectivity index (χ1) is 9.15. The van der Waals surface area contributed by atoms with Gasteiger partial charge in [0.05, 0.1) is 6.54 Å². The van der Waals surface area contributed by atoms with Gasteiger partial charge in [0.25, 0.3) is 0 Å². The fourth-order valence-corrected chi connectivity index (χ4v) is 2.23. The number of likely N-dealkylation sites (N-methyl/N-ethyl adjacent to an activating group) is 1. The number of aliphatic imine (C=N–C) groups is 1. The van der Waals surface area contributed by atoms with E-state index >= 15 is 0 Å². The fraction of sp³-hybridized carbons (Fsp3) is 0.929. The molecular weight excluding hydrogens is 365 g/mol. The van der Waals surface area contributed by atoms with E-state index in [4.69, 9.17) is 0 Å². The molecule has 20 heavy (non-hydrogen) atoms. The third-order valence-electron chi connectivity index (χ3n) is 3.37. The van der Waals surface area contributed by atoms with Crippen molar-refractivity contribution in [2.75, 3.05) is 52.4 Å². The molecule has 1 fully saturated rings. The molecule has 0 atom stereocenters. The Morgan fingerprint density at radius 1 is 1.10 bits per heavy atom. The maximum absolute atomic E-state index is 4.63. The van der Waals surface area contributed by atoms with Crippen LogP contribution in [0.3, 0.4) is 0 Å². The van der Waals surface area contributed by atoms with Gasteiger partial charge in [-0.25, -0.2) is 0 Å². The lowest BCUT2D eigenvalue weighted by atomic mass is 10.3. The quantitative estimate of drug-likeness (QED) is 0.402. The molecule has 0 amide bonds. The van der Waals surface area contributed by atoms with E-state index in [2.05, 4.69) is 53.1 Å². The molecule has 120 valence electrons. The van der Waals surface area contributed by atoms with Gasteiger partial charge in [-0.2, -0.15) is 0 Å². The molecule has 0 aromatic rings. The Bertz CT molecular complexity index is 262. The third kappa shape index (κ3) is 8.26. The predicted molar refractivity (Wildman–Crippen MR) is 98.2 cm³/mol. The van der Waals surface area contributed by atoms with E-state index in [0.717, 1.165) is 25.6 Å². The van der Waals surface area contributed by atoms with Crippen LogP contribution in [0, 0.1) is 0 Å². The number of hydrogen-bond donors (Lipinski definition) is 2. The molecule has 0 aromatic heterocycles. The standard InChI is InChI=1S/C14H31N5.HI/c1-5-15-14(17-13(3)4)16-7-8-19-11-9-18(6-2)10-12-19;/h13H,5-12H2,1-4H3,(H2,15,16,17);1H. The molecule has 1 heterocycles. The molecule has 1 saturated heterocycles. The van der Waals surface area contributed by atoms with Crippen molar-refractivity contribution in [3.63, 3.8) is 0 Å². The second kappa shape index (κ2) is 11.6. The number of rotatable bonds is 6. The highest BCUT2D eigenvalue weighted by Crippen LogP contribution is 2.00. The molecule has 0 aliphatic carbocycles. The van der Waals surface area contributed by atoms with E-state index in [0.29, 0.717) is 6.04 Å². The number of nitrogens with zero attached hydrogens (tertiary/aromatic N) is 3. The minimum atomic E-state index is 0. The van der Waals surface area contributed by atoms with Gasteiger partial charge >= 0.3 is 0 Å². The van der Waals surface area contributed by atoms with Crippen molar-refractivity contribution in [3.8, 4) is 0 Å². The topological polar surface area (TPSA) is 42.9 Å². The zero-order chi connectivity index (χ0) is 14.1. The number of guanidine groups is 1. The molecule has 0 unspecified atom stereocenters. The minimum absolute atomic E-state index is 0. The summed E-state index contributed by atoms with van der Waals surface area (Å²) in [7, 11) is 0. The molecule has 0 bridgehead atoms. The van der Waals surface area contributed by atoms with Crippen molar-refractivity contribution in [1.82, 2.24) is 20.4 Å². The molecule has 0 spiro atoms. The maximum Gasteiger partial charge on any atom is 0.191 e. The number of hydrogen-bond acceptors (Lipinski definition) is 3. The van der Waals surface area contributed by atoms with Crippen LogP contribution in [-0.4, -0.2) is 74.2 Å². The van der Waals surface area contributed by atoms with Crippen LogP contribution < -0.4 is 10.6 Å². The monoisotopic (exact) mass is 397 g/mol. The average Bonchev–Trinajstić information content (AvgIpc) is 2.39. The van der Waals surface area contributed by atoms with E-state index in [1.54, 1.807) is 0 Å². The van der Waals surface area contributed by atoms with Gasteiger partial charge in [-0.15, -0.1) is 24.0 Å². The molecule has 1 aliphatic rings. The first-order valence-corrected chi connectivity index (χ1v) is 7.65. The summed E-state index contributed by atoms with van der Waals surface area (Å²) < 4.78 is 0. The van der Waals surface area contributed by atoms with Crippen LogP contribution in [0.25, 0.3) is 0 Å². The fourth-order valence-electron chi connectivity index (χ4n) is 2.23. The smallest absolute Gasteiger partial charge is 0.191 e. The summed E-state index contributed by atoms with van der Waals surface area (Å²) >= 11 is 0. The Hall–Kier alpha value is -0.0800. The Kier molecular flexibility index (Phi) is 11.5. The molecule has 0 saturated carbocycles. The minimum Gasteiger partial charge on any atom is -0.357 e. The third-order valence-corrected chi connectivity index (χ3v) is 3.37. The second-order valence-electron chi connectivity index (χ2n) is 5.34. The zero-order valence-corrected chi connectivity index (χ0v) is 15.8. The van der Waals surface area contributed by atoms with Gasteiger partial charge in [0.15, 0.2) is 5.96 Å². The Balaban J connectivity index is 0.00000361. The first-order valence-electron chi connectivity index (χ1n) is 7.65. The van der Waals surface area contributed by atoms with Crippen molar-refractivity contribution in [2.45, 2.75) is 33.7 Å². The highest BCUT2D eigenvalue weighted by atomic mass is 127. The van der Waals surface area contributed by atoms with E-state index in [1.807, 2.05) is 0 Å². The summed E-state index contributed by atoms with van der Waals surface area (Å²) in [5, 5.41) is 6.63. The number of nitrogens with one attached hydrogen (secondary N) is 2. The van der Waals surface area contributed by atoms with Gasteiger partial charge < -0.3 is 15.5 Å². The zero-order valence-electron chi connectivity index (χ0n) is 13.5. The SMILES string of the molecule is CCNC(=NCCN1CCN(CC)CC1)NC(C)C.I. The van der Waals surface area contributed by atoms with Crippen LogP contribution in [0.5, 0.6) is 0 Å². The van der Waals surface area contributed by atoms with Gasteiger partial charge in [-0.1, -0.05) is 6.92 Å². The van der Waals surface area contributed by atoms with E-state index < -0.39 is 0 Å². The Morgan fingerprint density at radius 2 is 1.70 bits per heavy atom. The first kappa shape index (κ1) is 19.9. The lowest BCUT2D eigenvalue weighted by Gasteiger charge is -2.33. The summed E-state index contributed by atoms with van der Waals surface area (Å²) in [6, 6.07) is 0.422. The highest BCUT2D eigenvalue weighted by Gasteiger charge is 2.14. The summed E-state index contributed by atoms with van der Waals surface area (Å²) in [5.74, 6) is 0.935. The second-order valence-corrected chi connectivity index (χ2v) is 5.34. The molecule has 0 radical (unpaired) electrons. The van der Waals surface area contributed by atoms with E-state index in [-0.39, 0.29) is 24.0 Å². The van der Waals surface area contributed by atoms with Crippen LogP contribution in [0.1, 0.15) is 27.7 Å². The van der Waals surface area contributed by atoms with Crippen molar-refractivity contribution in [2.24, 2.45) is 4.99 Å². The maximum atomic E-state index is 4.63. The summed E-state index contributed by atoms with van der Waals surface area (Å²) in [5.41, 5.74) is 0. The van der Waals surface area contributed by atoms with E-state index in [9.17, 15) is 0 Å². The van der Waals surface area contributed by atoms with Crippen LogP contribution in [0.15, 0.2) is 4.99 Å². The van der Waals surface area contributed by atoms with Gasteiger partial charge in [0.2, 0.25) is 0 Å². The van der Waals surface area contributed by atoms with Gasteiger partial charge in [0.1, 0.15) is 0 Å². The Labute approximate surface area is 141 Å². The molecule has 0 aromatic carbocycles. The highest BCUT2D eigenvalue weighted by molar-refractivity contribution is 14.0. The summed E-state index contributed by atoms with van der Waals surface area (Å²) in [4.78, 5) is 9.64. The van der Waals surface area contributed by atoms with Crippen molar-refractivity contribution in [1.29, 1.82) is 0 Å². The molecule has 2 N–H and O–H groups in total. The van der Waals surface area contributed by atoms with Crippen molar-refractivity contribution in [3.05, 3.63) is 0 Å². The number of piperazine rings is 1. The number of halogens is 1. The van der Waals surface area contributed by atoms with Crippen LogP contribution >= 0.6 is 24.0 Å². The van der Waals surface area contributed by atoms with Crippen LogP contribution in [0.2, 0.25) is 0 Å². The van der Waals surface area contributed by atoms with Gasteiger partial charge in [-0.3, -0.25) is 9.89 Å². The van der Waals surface area contributed by atoms with Crippen molar-refractivity contribution >= 4 is 29.9 Å². The lowest BCUT2D eigenvalue weighted by molar-refractivity contribution is 0.140. The largest absolute Gasteiger partial charge is 0.357 e. The normalized spacial score (nSPS) is 17.9. The molecule has 6 heteroatoms. The van der Waals surface area contributed by atoms with Crippen LogP contribution in [0.4, 0.5) is 0 Å². The lowest BCUT2D eigenvalue weighted by Crippen LogP contribution is -2.47. The summed E-state index contributed by atoms with van der Waals surface area (Å²) in [6.45, 7) is 17.4. The van der Waals surface area contributed by atoms with E-state index in [1.165, 1.54) is 32.7 Å². The molecule has 5 nitrogen and oxygen atoms in total. The van der Waals surface area contributed by atoms with Crippen LogP contribution in [-0.2, 0) is 0 Å².